The fourth-order valence-electron chi connectivity index (χ4n) is 1.05. The van der Waals surface area contributed by atoms with Crippen molar-refractivity contribution in [1.82, 2.24) is 0 Å². The van der Waals surface area contributed by atoms with Gasteiger partial charge in [0.05, 0.1) is 0 Å². The zero-order valence-corrected chi connectivity index (χ0v) is 8.46. The van der Waals surface area contributed by atoms with Crippen LogP contribution in [0.25, 0.3) is 0 Å². The summed E-state index contributed by atoms with van der Waals surface area (Å²) in [5.41, 5.74) is 1.31. The van der Waals surface area contributed by atoms with Crippen molar-refractivity contribution in [3.8, 4) is 0 Å². The van der Waals surface area contributed by atoms with Gasteiger partial charge in [0, 0.05) is 0 Å². The van der Waals surface area contributed by atoms with E-state index in [2.05, 4.69) is 52.3 Å². The normalized spacial score (nSPS) is 9.46. The van der Waals surface area contributed by atoms with Crippen LogP contribution in [0.15, 0.2) is 30.3 Å². The van der Waals surface area contributed by atoms with Crippen molar-refractivity contribution < 1.29 is 11.0 Å². The van der Waals surface area contributed by atoms with Crippen molar-refractivity contribution in [2.24, 2.45) is 0 Å². The summed E-state index contributed by atoms with van der Waals surface area (Å²) in [4.78, 5) is 0. The molecule has 0 atom stereocenters. The van der Waals surface area contributed by atoms with Gasteiger partial charge in [0.25, 0.3) is 0 Å². The van der Waals surface area contributed by atoms with Crippen LogP contribution in [0, 0.1) is 0 Å². The van der Waals surface area contributed by atoms with E-state index in [1.165, 1.54) is 5.46 Å². The Labute approximate surface area is 80.8 Å². The molecule has 73 valence electrons. The SMILES string of the molecule is CC(C)(C)[B]c1ccccc1.O.O. The van der Waals surface area contributed by atoms with Crippen molar-refractivity contribution in [3.63, 3.8) is 0 Å². The highest BCUT2D eigenvalue weighted by Crippen LogP contribution is 2.19. The van der Waals surface area contributed by atoms with Crippen molar-refractivity contribution >= 4 is 12.7 Å². The molecule has 13 heavy (non-hydrogen) atoms. The number of hydrogen-bond acceptors (Lipinski definition) is 0. The van der Waals surface area contributed by atoms with Crippen LogP contribution >= 0.6 is 0 Å². The Balaban J connectivity index is 0. The molecule has 1 aromatic carbocycles. The van der Waals surface area contributed by atoms with E-state index in [9.17, 15) is 0 Å². The van der Waals surface area contributed by atoms with Crippen LogP contribution in [0.4, 0.5) is 0 Å². The number of benzene rings is 1. The van der Waals surface area contributed by atoms with Gasteiger partial charge in [0.1, 0.15) is 0 Å². The highest BCUT2D eigenvalue weighted by Gasteiger charge is 2.12. The Morgan fingerprint density at radius 3 is 1.77 bits per heavy atom. The van der Waals surface area contributed by atoms with Gasteiger partial charge < -0.3 is 11.0 Å². The third kappa shape index (κ3) is 6.37. The molecule has 1 rings (SSSR count). The van der Waals surface area contributed by atoms with E-state index in [1.54, 1.807) is 0 Å². The Morgan fingerprint density at radius 1 is 0.923 bits per heavy atom. The molecule has 0 bridgehead atoms. The van der Waals surface area contributed by atoms with Crippen LogP contribution in [-0.2, 0) is 0 Å². The minimum atomic E-state index is 0. The minimum Gasteiger partial charge on any atom is -0.412 e. The zero-order chi connectivity index (χ0) is 8.32. The molecule has 0 heterocycles. The van der Waals surface area contributed by atoms with E-state index in [0.29, 0.717) is 0 Å². The van der Waals surface area contributed by atoms with E-state index < -0.39 is 0 Å². The topological polar surface area (TPSA) is 63.0 Å². The van der Waals surface area contributed by atoms with Crippen LogP contribution in [0.5, 0.6) is 0 Å². The maximum absolute atomic E-state index is 2.27. The predicted molar refractivity (Wildman–Crippen MR) is 58.8 cm³/mol. The summed E-state index contributed by atoms with van der Waals surface area (Å²) >= 11 is 0. The maximum atomic E-state index is 2.27. The average molecular weight is 181 g/mol. The Hall–Kier alpha value is -0.795. The smallest absolute Gasteiger partial charge is 0.157 e. The second-order valence-corrected chi connectivity index (χ2v) is 3.92. The first kappa shape index (κ1) is 14.7. The lowest BCUT2D eigenvalue weighted by molar-refractivity contribution is 0.759. The first-order chi connectivity index (χ1) is 5.08. The van der Waals surface area contributed by atoms with Crippen LogP contribution in [0.2, 0.25) is 5.31 Å². The van der Waals surface area contributed by atoms with Crippen LogP contribution in [-0.4, -0.2) is 18.2 Å². The third-order valence-corrected chi connectivity index (χ3v) is 1.40. The Kier molecular flexibility index (Phi) is 6.55. The van der Waals surface area contributed by atoms with Gasteiger partial charge in [-0.15, -0.1) is 0 Å². The molecule has 0 fully saturated rings. The lowest BCUT2D eigenvalue weighted by Crippen LogP contribution is -2.22. The first-order valence-corrected chi connectivity index (χ1v) is 3.99. The summed E-state index contributed by atoms with van der Waals surface area (Å²) in [7, 11) is 2.27. The molecule has 0 aromatic heterocycles. The monoisotopic (exact) mass is 181 g/mol. The van der Waals surface area contributed by atoms with E-state index in [0.717, 1.165) is 0 Å². The highest BCUT2D eigenvalue weighted by molar-refractivity contribution is 6.56. The molecule has 0 aliphatic rings. The summed E-state index contributed by atoms with van der Waals surface area (Å²) in [5, 5.41) is 0.279. The summed E-state index contributed by atoms with van der Waals surface area (Å²) in [6, 6.07) is 10.4. The molecule has 0 saturated carbocycles. The van der Waals surface area contributed by atoms with E-state index in [1.807, 2.05) is 6.07 Å². The van der Waals surface area contributed by atoms with E-state index in [-0.39, 0.29) is 16.3 Å². The van der Waals surface area contributed by atoms with Crippen molar-refractivity contribution in [3.05, 3.63) is 30.3 Å². The molecule has 0 aliphatic carbocycles. The van der Waals surface area contributed by atoms with Crippen molar-refractivity contribution in [2.45, 2.75) is 26.1 Å². The van der Waals surface area contributed by atoms with Gasteiger partial charge in [-0.3, -0.25) is 0 Å². The second kappa shape index (κ2) is 5.78. The standard InChI is InChI=1S/C10H14B.2H2O/c1-10(2,3)11-9-7-5-4-6-8-9;;/h4-8H,1-3H3;2*1H2. The average Bonchev–Trinajstić information content (AvgIpc) is 1.85. The van der Waals surface area contributed by atoms with Crippen LogP contribution in [0.1, 0.15) is 20.8 Å². The molecule has 0 unspecified atom stereocenters. The molecule has 4 N–H and O–H groups in total. The Bertz CT molecular complexity index is 216. The van der Waals surface area contributed by atoms with Gasteiger partial charge in [0.15, 0.2) is 7.28 Å². The lowest BCUT2D eigenvalue weighted by Gasteiger charge is -2.15. The summed E-state index contributed by atoms with van der Waals surface area (Å²) in [6.07, 6.45) is 0. The van der Waals surface area contributed by atoms with Gasteiger partial charge in [-0.05, 0) is 0 Å². The summed E-state index contributed by atoms with van der Waals surface area (Å²) in [5.74, 6) is 0. The predicted octanol–water partition coefficient (Wildman–Crippen LogP) is 0.585. The van der Waals surface area contributed by atoms with Crippen molar-refractivity contribution in [1.29, 1.82) is 0 Å². The van der Waals surface area contributed by atoms with Crippen LogP contribution < -0.4 is 5.46 Å². The quantitative estimate of drug-likeness (QED) is 0.569. The Morgan fingerprint density at radius 2 is 1.38 bits per heavy atom. The number of hydrogen-bond donors (Lipinski definition) is 0. The van der Waals surface area contributed by atoms with E-state index >= 15 is 0 Å². The number of rotatable bonds is 1. The highest BCUT2D eigenvalue weighted by atomic mass is 16.0. The first-order valence-electron chi connectivity index (χ1n) is 3.99. The fraction of sp³-hybridized carbons (Fsp3) is 0.400. The molecule has 0 spiro atoms. The van der Waals surface area contributed by atoms with Gasteiger partial charge in [-0.1, -0.05) is 61.9 Å². The fourth-order valence-corrected chi connectivity index (χ4v) is 1.05. The minimum absolute atomic E-state index is 0. The third-order valence-electron chi connectivity index (χ3n) is 1.40. The van der Waals surface area contributed by atoms with Crippen molar-refractivity contribution in [2.75, 3.05) is 0 Å². The molecule has 0 aliphatic heterocycles. The van der Waals surface area contributed by atoms with Gasteiger partial charge >= 0.3 is 0 Å². The lowest BCUT2D eigenvalue weighted by atomic mass is 9.51. The van der Waals surface area contributed by atoms with Gasteiger partial charge in [-0.2, -0.15) is 0 Å². The summed E-state index contributed by atoms with van der Waals surface area (Å²) < 4.78 is 0. The molecule has 2 nitrogen and oxygen atoms in total. The zero-order valence-electron chi connectivity index (χ0n) is 8.46. The molecular formula is C10H18BO2. The van der Waals surface area contributed by atoms with E-state index in [4.69, 9.17) is 0 Å². The van der Waals surface area contributed by atoms with Crippen LogP contribution in [0.3, 0.4) is 0 Å². The molecule has 3 heteroatoms. The summed E-state index contributed by atoms with van der Waals surface area (Å²) in [6.45, 7) is 6.62. The largest absolute Gasteiger partial charge is 0.412 e. The second-order valence-electron chi connectivity index (χ2n) is 3.92. The van der Waals surface area contributed by atoms with Gasteiger partial charge in [0.2, 0.25) is 0 Å². The molecule has 0 saturated heterocycles. The maximum Gasteiger partial charge on any atom is 0.157 e. The van der Waals surface area contributed by atoms with Gasteiger partial charge in [-0.25, -0.2) is 0 Å². The molecule has 1 aromatic rings. The molecule has 0 amide bonds. The molecule has 1 radical (unpaired) electrons. The molecular weight excluding hydrogens is 163 g/mol.